The van der Waals surface area contributed by atoms with Crippen LogP contribution in [0.1, 0.15) is 52.5 Å². The van der Waals surface area contributed by atoms with Crippen molar-refractivity contribution in [1.82, 2.24) is 10.6 Å². The van der Waals surface area contributed by atoms with Crippen LogP contribution in [0.25, 0.3) is 6.08 Å². The van der Waals surface area contributed by atoms with Gasteiger partial charge in [0.25, 0.3) is 0 Å². The van der Waals surface area contributed by atoms with Crippen molar-refractivity contribution in [3.05, 3.63) is 54.1 Å². The van der Waals surface area contributed by atoms with Crippen LogP contribution in [0.2, 0.25) is 25.7 Å². The fourth-order valence-electron chi connectivity index (χ4n) is 4.70. The summed E-state index contributed by atoms with van der Waals surface area (Å²) >= 11 is 0. The lowest BCUT2D eigenvalue weighted by atomic mass is 9.86. The van der Waals surface area contributed by atoms with Gasteiger partial charge in [0.1, 0.15) is 24.0 Å². The summed E-state index contributed by atoms with van der Waals surface area (Å²) in [6.07, 6.45) is 6.73. The summed E-state index contributed by atoms with van der Waals surface area (Å²) in [5.74, 6) is -3.34. The molecule has 1 saturated heterocycles. The summed E-state index contributed by atoms with van der Waals surface area (Å²) < 4.78 is 27.8. The third-order valence-corrected chi connectivity index (χ3v) is 8.97. The highest BCUT2D eigenvalue weighted by Crippen LogP contribution is 2.37. The van der Waals surface area contributed by atoms with Crippen LogP contribution in [0.15, 0.2) is 48.6 Å². The van der Waals surface area contributed by atoms with Gasteiger partial charge in [-0.3, -0.25) is 14.4 Å². The third kappa shape index (κ3) is 137. The van der Waals surface area contributed by atoms with Crippen molar-refractivity contribution in [1.29, 1.82) is 0 Å². The van der Waals surface area contributed by atoms with Gasteiger partial charge in [-0.1, -0.05) is 87.2 Å². The van der Waals surface area contributed by atoms with Crippen LogP contribution in [-0.2, 0) is 38.1 Å². The second kappa shape index (κ2) is 161. The van der Waals surface area contributed by atoms with Crippen molar-refractivity contribution in [3.8, 4) is 0 Å². The molecule has 4 unspecified atom stereocenters. The maximum atomic E-state index is 13.4. The van der Waals surface area contributed by atoms with Crippen molar-refractivity contribution in [2.45, 2.75) is 90.5 Å². The Balaban J connectivity index is -0.0000000470. The summed E-state index contributed by atoms with van der Waals surface area (Å²) in [6, 6.07) is 10.9. The highest BCUT2D eigenvalue weighted by Gasteiger charge is 2.52. The minimum atomic E-state index is -1.01. The largest absolute Gasteiger partial charge is 0.465 e. The summed E-state index contributed by atoms with van der Waals surface area (Å²) in [5, 5.41) is 54.1. The van der Waals surface area contributed by atoms with Crippen LogP contribution >= 0.6 is 0 Å². The second-order valence-corrected chi connectivity index (χ2v) is 19.7. The van der Waals surface area contributed by atoms with E-state index < -0.39 is 55.8 Å². The van der Waals surface area contributed by atoms with Crippen molar-refractivity contribution in [3.63, 3.8) is 0 Å². The molecule has 0 bridgehead atoms. The molecule has 90 heavy (non-hydrogen) atoms. The maximum Gasteiger partial charge on any atom is 0.407 e. The third-order valence-electron chi connectivity index (χ3n) is 7.12. The average molecular weight is 1350 g/mol. The number of alkyl carbamates (subject to hydrolysis) is 1. The first-order valence-corrected chi connectivity index (χ1v) is 31.8. The summed E-state index contributed by atoms with van der Waals surface area (Å²) in [4.78, 5) is 50.0. The first-order valence-electron chi connectivity index (χ1n) is 28.1. The Morgan fingerprint density at radius 1 is 0.556 bits per heavy atom. The smallest absolute Gasteiger partial charge is 0.407 e. The van der Waals surface area contributed by atoms with Crippen LogP contribution in [0, 0.1) is 11.8 Å². The van der Waals surface area contributed by atoms with E-state index in [2.05, 4.69) is 105 Å². The second-order valence-electron chi connectivity index (χ2n) is 14.0. The molecule has 0 radical (unpaired) electrons. The maximum absolute atomic E-state index is 13.4. The molecular weight excluding hydrogens is 1190 g/mol. The molecule has 1 aromatic rings. The Kier molecular flexibility index (Phi) is 255. The zero-order chi connectivity index (χ0) is 77.6. The molecule has 32 nitrogen and oxygen atoms in total. The zero-order valence-electron chi connectivity index (χ0n) is 62.0. The molecule has 0 aromatic heterocycles. The number of aliphatic hydroxyl groups excluding tert-OH is 7. The molecule has 2 amide bonds. The molecule has 1 heterocycles. The molecule has 1 fully saturated rings. The molecule has 0 spiro atoms. The van der Waals surface area contributed by atoms with E-state index in [0.29, 0.717) is 6.42 Å². The number of amides is 2. The molecule has 0 saturated carbocycles. The van der Waals surface area contributed by atoms with E-state index in [9.17, 15) is 19.2 Å². The Hall–Kier alpha value is -4.32. The predicted octanol–water partition coefficient (Wildman–Crippen LogP) is -3.16. The van der Waals surface area contributed by atoms with Gasteiger partial charge in [-0.15, -0.1) is 0 Å². The standard InChI is InChI=1S/C31H44N2O9.C6H17NSi.13CH5N.7CH4O/c1-6-18-39-28(35)27-24(15-14-22-11-8-7-9-12-22)41-23(13-10-19-38-20-16-25(34)32-5)26(27)29(36)40-21-17-33-30(37)42-31(2,3)4;1-8(2,3)6-4-5-7;20*1-2/h7-15,23-24,26-27H,6,16-21H2,1-5H3,(H,32,34)(H,33,37);4-7H2,1-3H3;13*2H2,1H3;7*2H,1H3/b13-10+,15-14+;;;;;;;;;;;;;;;;;;;;;. The first-order chi connectivity index (χ1) is 43.6. The Labute approximate surface area is 550 Å². The van der Waals surface area contributed by atoms with Gasteiger partial charge in [0.05, 0.1) is 38.6 Å². The van der Waals surface area contributed by atoms with Crippen molar-refractivity contribution >= 4 is 38.1 Å². The fraction of sp³-hybridized carbons (Fsp3) is 0.754. The van der Waals surface area contributed by atoms with Crippen LogP contribution in [0.4, 0.5) is 4.79 Å². The van der Waals surface area contributed by atoms with Gasteiger partial charge in [0.2, 0.25) is 5.91 Å². The molecule has 33 heteroatoms. The number of nitrogens with one attached hydrogen (secondary N) is 2. The number of ether oxygens (including phenoxy) is 5. The topological polar surface area (TPSA) is 644 Å². The highest BCUT2D eigenvalue weighted by atomic mass is 28.3. The van der Waals surface area contributed by atoms with Crippen LogP contribution < -0.4 is 90.9 Å². The number of carbonyl (C=O) groups excluding carboxylic acids is 4. The van der Waals surface area contributed by atoms with Crippen molar-refractivity contribution < 1.29 is 78.6 Å². The summed E-state index contributed by atoms with van der Waals surface area (Å²) in [5.41, 5.74) is 64.1. The molecule has 1 aromatic carbocycles. The molecule has 1 aliphatic rings. The van der Waals surface area contributed by atoms with E-state index in [-0.39, 0.29) is 45.3 Å². The number of hydrogen-bond acceptors (Lipinski definition) is 30. The number of esters is 2. The number of aliphatic hydroxyl groups is 7. The summed E-state index contributed by atoms with van der Waals surface area (Å²) in [7, 11) is 27.3. The van der Waals surface area contributed by atoms with Gasteiger partial charge in [-0.05, 0) is 137 Å². The van der Waals surface area contributed by atoms with Gasteiger partial charge in [0.15, 0.2) is 0 Å². The zero-order valence-corrected chi connectivity index (χ0v) is 63.0. The van der Waals surface area contributed by atoms with Crippen molar-refractivity contribution in [2.75, 3.05) is 188 Å². The Bertz CT molecular complexity index is 1280. The molecule has 4 atom stereocenters. The molecule has 0 aliphatic carbocycles. The van der Waals surface area contributed by atoms with E-state index in [4.69, 9.17) is 65.2 Å². The molecule has 1 aliphatic heterocycles. The van der Waals surface area contributed by atoms with E-state index >= 15 is 0 Å². The lowest BCUT2D eigenvalue weighted by Gasteiger charge is -2.21. The van der Waals surface area contributed by atoms with E-state index in [1.54, 1.807) is 46.0 Å². The molecule has 37 N–H and O–H groups in total. The SMILES string of the molecule is CCCOC(=O)C1C(/C=C/c2ccccc2)OC(/C=C/COCCC(=O)NC)C1C(=O)OCCNC(=O)OC(C)(C)C.CN.CN.CN.CN.CN.CN.CN.CN.CN.CN.CN.CN.CN.CO.CO.CO.CO.CO.CO.CO.C[Si](C)(C)CCCN. The number of hydrogen-bond donors (Lipinski definition) is 23. The van der Waals surface area contributed by atoms with Gasteiger partial charge >= 0.3 is 18.0 Å². The predicted molar refractivity (Wildman–Crippen MR) is 386 cm³/mol. The van der Waals surface area contributed by atoms with Crippen LogP contribution in [-0.4, -0.2) is 274 Å². The van der Waals surface area contributed by atoms with Gasteiger partial charge < -0.3 is 150 Å². The quantitative estimate of drug-likeness (QED) is 0.0227. The van der Waals surface area contributed by atoms with Crippen LogP contribution in [0.5, 0.6) is 0 Å². The van der Waals surface area contributed by atoms with Gasteiger partial charge in [-0.25, -0.2) is 4.79 Å². The average Bonchev–Trinajstić information content (AvgIpc) is 3.97. The monoisotopic (exact) mass is 1350 g/mol. The summed E-state index contributed by atoms with van der Waals surface area (Å²) in [6.45, 7) is 15.6. The number of rotatable bonds is 18. The lowest BCUT2D eigenvalue weighted by molar-refractivity contribution is -0.159. The Morgan fingerprint density at radius 2 is 0.900 bits per heavy atom. The van der Waals surface area contributed by atoms with E-state index in [1.165, 1.54) is 104 Å². The highest BCUT2D eigenvalue weighted by molar-refractivity contribution is 6.76. The Morgan fingerprint density at radius 3 is 1.20 bits per heavy atom. The number of benzene rings is 1. The van der Waals surface area contributed by atoms with E-state index in [0.717, 1.165) is 61.9 Å². The minimum Gasteiger partial charge on any atom is -0.465 e. The van der Waals surface area contributed by atoms with E-state index in [1.807, 2.05) is 43.3 Å². The van der Waals surface area contributed by atoms with Gasteiger partial charge in [0, 0.05) is 71.3 Å². The molecule has 562 valence electrons. The number of carbonyl (C=O) groups is 4. The van der Waals surface area contributed by atoms with Crippen LogP contribution in [0.3, 0.4) is 0 Å². The fourth-order valence-corrected chi connectivity index (χ4v) is 5.96. The minimum absolute atomic E-state index is 0.0240. The molecule has 2 rings (SSSR count). The van der Waals surface area contributed by atoms with Gasteiger partial charge in [-0.2, -0.15) is 0 Å². The lowest BCUT2D eigenvalue weighted by Crippen LogP contribution is -2.38. The normalized spacial score (nSPS) is 11.9. The van der Waals surface area contributed by atoms with Crippen molar-refractivity contribution in [2.24, 2.45) is 92.1 Å². The number of nitrogens with two attached hydrogens (primary N) is 14. The first kappa shape index (κ1) is 142. The molecular formula is C57H154N16O16Si.